The van der Waals surface area contributed by atoms with Crippen molar-refractivity contribution in [3.63, 3.8) is 0 Å². The van der Waals surface area contributed by atoms with Crippen LogP contribution in [0.3, 0.4) is 0 Å². The first-order valence-electron chi connectivity index (χ1n) is 12.5. The summed E-state index contributed by atoms with van der Waals surface area (Å²) in [5.41, 5.74) is 2.91. The van der Waals surface area contributed by atoms with Crippen molar-refractivity contribution in [1.82, 2.24) is 4.90 Å². The van der Waals surface area contributed by atoms with Crippen molar-refractivity contribution in [2.45, 2.75) is 25.3 Å². The molecule has 196 valence electrons. The predicted octanol–water partition coefficient (Wildman–Crippen LogP) is 6.06. The van der Waals surface area contributed by atoms with Gasteiger partial charge in [-0.15, -0.1) is 0 Å². The highest BCUT2D eigenvalue weighted by molar-refractivity contribution is 5.69. The van der Waals surface area contributed by atoms with Gasteiger partial charge in [0.2, 0.25) is 6.23 Å². The SMILES string of the molecule is N#Cc1ccc(OCC(Cc2ccccc2)N(C(=O)OCc2ccccc2)C(OC=O)c2ccccc2)cc1. The van der Waals surface area contributed by atoms with Crippen LogP contribution in [0.2, 0.25) is 0 Å². The molecule has 4 rings (SSSR count). The Morgan fingerprint density at radius 1 is 0.821 bits per heavy atom. The van der Waals surface area contributed by atoms with Gasteiger partial charge in [0.05, 0.1) is 17.7 Å². The maximum absolute atomic E-state index is 13.7. The van der Waals surface area contributed by atoms with E-state index in [1.165, 1.54) is 4.90 Å². The molecule has 0 N–H and O–H groups in total. The van der Waals surface area contributed by atoms with Gasteiger partial charge in [0.1, 0.15) is 19.0 Å². The number of hydrogen-bond acceptors (Lipinski definition) is 6. The van der Waals surface area contributed by atoms with Gasteiger partial charge in [0.15, 0.2) is 0 Å². The predicted molar refractivity (Wildman–Crippen MR) is 145 cm³/mol. The van der Waals surface area contributed by atoms with Crippen LogP contribution in [0.15, 0.2) is 115 Å². The van der Waals surface area contributed by atoms with E-state index in [9.17, 15) is 9.59 Å². The van der Waals surface area contributed by atoms with Gasteiger partial charge in [-0.1, -0.05) is 91.0 Å². The van der Waals surface area contributed by atoms with Crippen LogP contribution in [-0.4, -0.2) is 30.1 Å². The molecule has 0 bridgehead atoms. The van der Waals surface area contributed by atoms with Crippen LogP contribution in [0, 0.1) is 11.3 Å². The maximum Gasteiger partial charge on any atom is 0.413 e. The molecular weight excluding hydrogens is 492 g/mol. The van der Waals surface area contributed by atoms with Crippen molar-refractivity contribution >= 4 is 12.6 Å². The van der Waals surface area contributed by atoms with Crippen molar-refractivity contribution in [2.24, 2.45) is 0 Å². The first-order valence-corrected chi connectivity index (χ1v) is 12.5. The van der Waals surface area contributed by atoms with E-state index in [2.05, 4.69) is 6.07 Å². The van der Waals surface area contributed by atoms with Crippen LogP contribution in [0.1, 0.15) is 28.5 Å². The van der Waals surface area contributed by atoms with Crippen LogP contribution in [0.5, 0.6) is 5.75 Å². The van der Waals surface area contributed by atoms with Gasteiger partial charge in [0.25, 0.3) is 6.47 Å². The Bertz CT molecular complexity index is 1360. The van der Waals surface area contributed by atoms with E-state index in [4.69, 9.17) is 19.5 Å². The fourth-order valence-corrected chi connectivity index (χ4v) is 4.15. The van der Waals surface area contributed by atoms with Crippen LogP contribution in [0.25, 0.3) is 0 Å². The molecule has 4 aromatic carbocycles. The second-order valence-electron chi connectivity index (χ2n) is 8.73. The molecule has 7 nitrogen and oxygen atoms in total. The zero-order valence-corrected chi connectivity index (χ0v) is 21.3. The molecule has 4 aromatic rings. The molecule has 0 saturated heterocycles. The molecule has 1 amide bonds. The minimum absolute atomic E-state index is 0.0489. The van der Waals surface area contributed by atoms with Crippen molar-refractivity contribution in [2.75, 3.05) is 6.61 Å². The molecular formula is C32H28N2O5. The van der Waals surface area contributed by atoms with Crippen molar-refractivity contribution in [1.29, 1.82) is 5.26 Å². The molecule has 2 atom stereocenters. The van der Waals surface area contributed by atoms with Gasteiger partial charge in [-0.2, -0.15) is 5.26 Å². The second kappa shape index (κ2) is 14.0. The number of benzene rings is 4. The lowest BCUT2D eigenvalue weighted by molar-refractivity contribution is -0.145. The van der Waals surface area contributed by atoms with Gasteiger partial charge in [-0.3, -0.25) is 9.69 Å². The summed E-state index contributed by atoms with van der Waals surface area (Å²) in [6, 6.07) is 36.3. The summed E-state index contributed by atoms with van der Waals surface area (Å²) in [5.74, 6) is 0.539. The molecule has 39 heavy (non-hydrogen) atoms. The summed E-state index contributed by atoms with van der Waals surface area (Å²) in [4.78, 5) is 26.8. The van der Waals surface area contributed by atoms with Gasteiger partial charge in [0, 0.05) is 5.56 Å². The van der Waals surface area contributed by atoms with Crippen LogP contribution < -0.4 is 4.74 Å². The Hall–Kier alpha value is -5.09. The minimum atomic E-state index is -1.05. The van der Waals surface area contributed by atoms with Gasteiger partial charge >= 0.3 is 6.09 Å². The zero-order chi connectivity index (χ0) is 27.3. The van der Waals surface area contributed by atoms with E-state index in [1.807, 2.05) is 78.9 Å². The third-order valence-corrected chi connectivity index (χ3v) is 6.07. The van der Waals surface area contributed by atoms with Gasteiger partial charge < -0.3 is 14.2 Å². The largest absolute Gasteiger partial charge is 0.491 e. The Morgan fingerprint density at radius 2 is 1.41 bits per heavy atom. The number of carbonyl (C=O) groups is 2. The van der Waals surface area contributed by atoms with Crippen LogP contribution in [-0.2, 0) is 27.3 Å². The summed E-state index contributed by atoms with van der Waals surface area (Å²) in [5, 5.41) is 9.11. The van der Waals surface area contributed by atoms with E-state index in [1.54, 1.807) is 36.4 Å². The summed E-state index contributed by atoms with van der Waals surface area (Å²) in [6.07, 6.45) is -1.30. The second-order valence-corrected chi connectivity index (χ2v) is 8.73. The first kappa shape index (κ1) is 27.0. The molecule has 0 fully saturated rings. The topological polar surface area (TPSA) is 88.9 Å². The Balaban J connectivity index is 1.68. The standard InChI is InChI=1S/C32H28N2O5/c33-21-26-16-18-30(19-17-26)37-23-29(20-25-10-4-1-5-11-25)34(31(39-24-35)28-14-8-3-9-15-28)32(36)38-22-27-12-6-2-7-13-27/h1-19,24,29,31H,20,22-23H2. The third kappa shape index (κ3) is 7.70. The summed E-state index contributed by atoms with van der Waals surface area (Å²) in [6.45, 7) is 0.455. The van der Waals surface area contributed by atoms with Crippen LogP contribution in [0.4, 0.5) is 4.79 Å². The number of amides is 1. The normalized spacial score (nSPS) is 11.9. The van der Waals surface area contributed by atoms with E-state index in [0.717, 1.165) is 11.1 Å². The average molecular weight is 521 g/mol. The van der Waals surface area contributed by atoms with E-state index in [0.29, 0.717) is 29.8 Å². The highest BCUT2D eigenvalue weighted by atomic mass is 16.6. The third-order valence-electron chi connectivity index (χ3n) is 6.07. The molecule has 0 saturated carbocycles. The molecule has 0 heterocycles. The number of ether oxygens (including phenoxy) is 3. The highest BCUT2D eigenvalue weighted by Crippen LogP contribution is 2.28. The Kier molecular flexibility index (Phi) is 9.68. The van der Waals surface area contributed by atoms with Crippen molar-refractivity contribution in [3.8, 4) is 11.8 Å². The van der Waals surface area contributed by atoms with E-state index >= 15 is 0 Å². The fraction of sp³-hybridized carbons (Fsp3) is 0.156. The fourth-order valence-electron chi connectivity index (χ4n) is 4.15. The maximum atomic E-state index is 13.7. The summed E-state index contributed by atoms with van der Waals surface area (Å²) in [7, 11) is 0. The number of carbonyl (C=O) groups excluding carboxylic acids is 2. The van der Waals surface area contributed by atoms with Gasteiger partial charge in [-0.25, -0.2) is 4.79 Å². The zero-order valence-electron chi connectivity index (χ0n) is 21.3. The van der Waals surface area contributed by atoms with E-state index in [-0.39, 0.29) is 13.2 Å². The molecule has 0 spiro atoms. The lowest BCUT2D eigenvalue weighted by atomic mass is 10.0. The van der Waals surface area contributed by atoms with E-state index < -0.39 is 18.4 Å². The minimum Gasteiger partial charge on any atom is -0.491 e. The first-order chi connectivity index (χ1) is 19.2. The molecule has 0 radical (unpaired) electrons. The van der Waals surface area contributed by atoms with Crippen LogP contribution >= 0.6 is 0 Å². The number of nitrogens with zero attached hydrogens (tertiary/aromatic N) is 2. The molecule has 0 aliphatic carbocycles. The van der Waals surface area contributed by atoms with Crippen molar-refractivity contribution < 1.29 is 23.8 Å². The highest BCUT2D eigenvalue weighted by Gasteiger charge is 2.35. The molecule has 0 aliphatic heterocycles. The van der Waals surface area contributed by atoms with Crippen molar-refractivity contribution in [3.05, 3.63) is 138 Å². The molecule has 7 heteroatoms. The number of nitriles is 1. The summed E-state index contributed by atoms with van der Waals surface area (Å²) < 4.78 is 17.4. The average Bonchev–Trinajstić information content (AvgIpc) is 3.00. The lowest BCUT2D eigenvalue weighted by Crippen LogP contribution is -2.48. The quantitative estimate of drug-likeness (QED) is 0.167. The molecule has 2 unspecified atom stereocenters. The molecule has 0 aliphatic rings. The monoisotopic (exact) mass is 520 g/mol. The van der Waals surface area contributed by atoms with Gasteiger partial charge in [-0.05, 0) is 41.8 Å². The number of rotatable bonds is 12. The molecule has 0 aromatic heterocycles. The smallest absolute Gasteiger partial charge is 0.413 e. The number of hydrogen-bond donors (Lipinski definition) is 0. The Labute approximate surface area is 227 Å². The Morgan fingerprint density at radius 3 is 2.00 bits per heavy atom. The lowest BCUT2D eigenvalue weighted by Gasteiger charge is -2.36. The summed E-state index contributed by atoms with van der Waals surface area (Å²) >= 11 is 0.